The first-order chi connectivity index (χ1) is 12.8. The molecule has 0 atom stereocenters. The minimum Gasteiger partial charge on any atom is -0.357 e. The number of aliphatic imine (C=N–C) groups is 1. The summed E-state index contributed by atoms with van der Waals surface area (Å²) in [4.78, 5) is 17.0. The van der Waals surface area contributed by atoms with Crippen LogP contribution in [0.4, 0.5) is 0 Å². The van der Waals surface area contributed by atoms with Crippen molar-refractivity contribution in [2.24, 2.45) is 4.99 Å². The number of nitrogens with zero attached hydrogens (tertiary/aromatic N) is 3. The van der Waals surface area contributed by atoms with Gasteiger partial charge in [0.2, 0.25) is 0 Å². The highest BCUT2D eigenvalue weighted by Crippen LogP contribution is 2.11. The predicted molar refractivity (Wildman–Crippen MR) is 106 cm³/mol. The fraction of sp³-hybridized carbons (Fsp3) is 0.350. The van der Waals surface area contributed by atoms with Gasteiger partial charge in [0.15, 0.2) is 5.96 Å². The van der Waals surface area contributed by atoms with E-state index in [-0.39, 0.29) is 0 Å². The number of hydrogen-bond acceptors (Lipinski definition) is 3. The van der Waals surface area contributed by atoms with E-state index < -0.39 is 0 Å². The van der Waals surface area contributed by atoms with Crippen molar-refractivity contribution in [3.63, 3.8) is 0 Å². The van der Waals surface area contributed by atoms with Crippen LogP contribution in [0.15, 0.2) is 53.7 Å². The van der Waals surface area contributed by atoms with Crippen molar-refractivity contribution in [1.82, 2.24) is 25.6 Å². The van der Waals surface area contributed by atoms with Crippen LogP contribution in [0.25, 0.3) is 11.0 Å². The Kier molecular flexibility index (Phi) is 6.59. The van der Waals surface area contributed by atoms with E-state index in [9.17, 15) is 0 Å². The van der Waals surface area contributed by atoms with E-state index in [2.05, 4.69) is 43.6 Å². The molecule has 0 amide bonds. The second-order valence-corrected chi connectivity index (χ2v) is 6.06. The molecule has 0 aliphatic rings. The Morgan fingerprint density at radius 1 is 1.08 bits per heavy atom. The lowest BCUT2D eigenvalue weighted by Gasteiger charge is -2.10. The number of benzene rings is 1. The third kappa shape index (κ3) is 5.31. The summed E-state index contributed by atoms with van der Waals surface area (Å²) in [5.41, 5.74) is 3.20. The molecule has 6 nitrogen and oxygen atoms in total. The molecule has 3 rings (SSSR count). The van der Waals surface area contributed by atoms with Gasteiger partial charge >= 0.3 is 0 Å². The molecule has 0 saturated carbocycles. The first-order valence-corrected chi connectivity index (χ1v) is 9.21. The van der Waals surface area contributed by atoms with Gasteiger partial charge in [-0.3, -0.25) is 9.98 Å². The van der Waals surface area contributed by atoms with Crippen molar-refractivity contribution < 1.29 is 0 Å². The first kappa shape index (κ1) is 17.9. The lowest BCUT2D eigenvalue weighted by molar-refractivity contribution is 0.759. The van der Waals surface area contributed by atoms with Crippen molar-refractivity contribution in [3.8, 4) is 0 Å². The van der Waals surface area contributed by atoms with Crippen LogP contribution in [-0.2, 0) is 12.8 Å². The van der Waals surface area contributed by atoms with Gasteiger partial charge in [0.25, 0.3) is 0 Å². The maximum atomic E-state index is 4.65. The highest BCUT2D eigenvalue weighted by atomic mass is 15.2. The topological polar surface area (TPSA) is 78.0 Å². The Hall–Kier alpha value is -2.89. The van der Waals surface area contributed by atoms with Gasteiger partial charge in [0, 0.05) is 44.4 Å². The largest absolute Gasteiger partial charge is 0.357 e. The number of fused-ring (bicyclic) bond motifs is 1. The first-order valence-electron chi connectivity index (χ1n) is 9.21. The van der Waals surface area contributed by atoms with Gasteiger partial charge in [-0.05, 0) is 37.6 Å². The molecule has 0 saturated heterocycles. The van der Waals surface area contributed by atoms with E-state index in [4.69, 9.17) is 0 Å². The smallest absolute Gasteiger partial charge is 0.191 e. The number of aryl methyl sites for hydroxylation is 1. The second kappa shape index (κ2) is 9.56. The average Bonchev–Trinajstić information content (AvgIpc) is 3.09. The van der Waals surface area contributed by atoms with Gasteiger partial charge in [-0.2, -0.15) is 0 Å². The zero-order chi connectivity index (χ0) is 18.0. The number of aromatic amines is 1. The number of H-pyrrole nitrogens is 1. The minimum absolute atomic E-state index is 0.760. The number of hydrogen-bond donors (Lipinski definition) is 3. The van der Waals surface area contributed by atoms with Crippen LogP contribution < -0.4 is 10.6 Å². The fourth-order valence-electron chi connectivity index (χ4n) is 2.76. The molecule has 3 aromatic rings. The normalized spacial score (nSPS) is 11.7. The van der Waals surface area contributed by atoms with E-state index in [1.807, 2.05) is 42.6 Å². The summed E-state index contributed by atoms with van der Waals surface area (Å²) >= 11 is 0. The molecule has 0 fully saturated rings. The molecule has 0 spiro atoms. The summed E-state index contributed by atoms with van der Waals surface area (Å²) < 4.78 is 0. The van der Waals surface area contributed by atoms with Gasteiger partial charge in [0.1, 0.15) is 5.82 Å². The molecule has 2 aromatic heterocycles. The molecule has 1 aromatic carbocycles. The summed E-state index contributed by atoms with van der Waals surface area (Å²) in [6.07, 6.45) is 4.55. The number of guanidine groups is 1. The van der Waals surface area contributed by atoms with Gasteiger partial charge in [0.05, 0.1) is 11.0 Å². The molecule has 2 heterocycles. The van der Waals surface area contributed by atoms with E-state index in [0.717, 1.165) is 67.4 Å². The highest BCUT2D eigenvalue weighted by molar-refractivity contribution is 5.79. The summed E-state index contributed by atoms with van der Waals surface area (Å²) in [5.74, 6) is 1.88. The van der Waals surface area contributed by atoms with Crippen molar-refractivity contribution in [1.29, 1.82) is 0 Å². The van der Waals surface area contributed by atoms with Crippen molar-refractivity contribution in [3.05, 3.63) is 60.2 Å². The summed E-state index contributed by atoms with van der Waals surface area (Å²) in [5, 5.41) is 6.65. The van der Waals surface area contributed by atoms with Crippen LogP contribution in [0.5, 0.6) is 0 Å². The zero-order valence-electron chi connectivity index (χ0n) is 15.2. The summed E-state index contributed by atoms with van der Waals surface area (Å²) in [6, 6.07) is 14.1. The molecular formula is C20H26N6. The van der Waals surface area contributed by atoms with E-state index in [1.54, 1.807) is 0 Å². The number of para-hydroxylation sites is 2. The number of imidazole rings is 1. The number of nitrogens with one attached hydrogen (secondary N) is 3. The SMILES string of the molecule is CCNC(=NCCCc1nc2ccccc2[nH]1)NCCc1ccccn1. The molecule has 0 aliphatic carbocycles. The number of pyridine rings is 1. The molecule has 6 heteroatoms. The Bertz CT molecular complexity index is 791. The minimum atomic E-state index is 0.760. The summed E-state index contributed by atoms with van der Waals surface area (Å²) in [7, 11) is 0. The van der Waals surface area contributed by atoms with Crippen LogP contribution in [0.1, 0.15) is 24.9 Å². The Labute approximate surface area is 154 Å². The fourth-order valence-corrected chi connectivity index (χ4v) is 2.76. The van der Waals surface area contributed by atoms with Crippen LogP contribution in [0.3, 0.4) is 0 Å². The molecule has 0 bridgehead atoms. The maximum Gasteiger partial charge on any atom is 0.191 e. The molecular weight excluding hydrogens is 324 g/mol. The molecule has 26 heavy (non-hydrogen) atoms. The second-order valence-electron chi connectivity index (χ2n) is 6.06. The van der Waals surface area contributed by atoms with Crippen LogP contribution >= 0.6 is 0 Å². The standard InChI is InChI=1S/C20H26N6/c1-2-21-20(24-15-12-16-8-5-6-13-22-16)23-14-7-11-19-25-17-9-3-4-10-18(17)26-19/h3-6,8-10,13H,2,7,11-12,14-15H2,1H3,(H,25,26)(H2,21,23,24). The lowest BCUT2D eigenvalue weighted by atomic mass is 10.3. The highest BCUT2D eigenvalue weighted by Gasteiger charge is 2.02. The molecule has 0 unspecified atom stereocenters. The Morgan fingerprint density at radius 2 is 1.96 bits per heavy atom. The van der Waals surface area contributed by atoms with E-state index in [1.165, 1.54) is 0 Å². The van der Waals surface area contributed by atoms with Crippen LogP contribution in [0, 0.1) is 0 Å². The molecule has 3 N–H and O–H groups in total. The monoisotopic (exact) mass is 350 g/mol. The van der Waals surface area contributed by atoms with Gasteiger partial charge < -0.3 is 15.6 Å². The zero-order valence-corrected chi connectivity index (χ0v) is 15.2. The number of aromatic nitrogens is 3. The van der Waals surface area contributed by atoms with Crippen LogP contribution in [0.2, 0.25) is 0 Å². The summed E-state index contributed by atoms with van der Waals surface area (Å²) in [6.45, 7) is 4.49. The quantitative estimate of drug-likeness (QED) is 0.332. The van der Waals surface area contributed by atoms with Gasteiger partial charge in [-0.1, -0.05) is 18.2 Å². The van der Waals surface area contributed by atoms with Gasteiger partial charge in [-0.25, -0.2) is 4.98 Å². The lowest BCUT2D eigenvalue weighted by Crippen LogP contribution is -2.38. The Morgan fingerprint density at radius 3 is 2.77 bits per heavy atom. The van der Waals surface area contributed by atoms with Gasteiger partial charge in [-0.15, -0.1) is 0 Å². The third-order valence-electron chi connectivity index (χ3n) is 4.02. The number of rotatable bonds is 8. The van der Waals surface area contributed by atoms with Crippen LogP contribution in [-0.4, -0.2) is 40.5 Å². The van der Waals surface area contributed by atoms with E-state index >= 15 is 0 Å². The molecule has 136 valence electrons. The molecule has 0 aliphatic heterocycles. The maximum absolute atomic E-state index is 4.65. The van der Waals surface area contributed by atoms with Crippen molar-refractivity contribution in [2.75, 3.05) is 19.6 Å². The average molecular weight is 350 g/mol. The van der Waals surface area contributed by atoms with Crippen molar-refractivity contribution >= 4 is 17.0 Å². The Balaban J connectivity index is 1.44. The molecule has 0 radical (unpaired) electrons. The third-order valence-corrected chi connectivity index (χ3v) is 4.02. The van der Waals surface area contributed by atoms with Crippen molar-refractivity contribution in [2.45, 2.75) is 26.2 Å². The predicted octanol–water partition coefficient (Wildman–Crippen LogP) is 2.69. The van der Waals surface area contributed by atoms with E-state index in [0.29, 0.717) is 0 Å².